The number of hydrogen-bond acceptors (Lipinski definition) is 9. The molecule has 0 radical (unpaired) electrons. The highest BCUT2D eigenvalue weighted by Gasteiger charge is 2.47. The fourth-order valence-electron chi connectivity index (χ4n) is 8.14. The number of carbonyl (C=O) groups is 1. The van der Waals surface area contributed by atoms with E-state index in [1.807, 2.05) is 4.90 Å². The summed E-state index contributed by atoms with van der Waals surface area (Å²) in [5.41, 5.74) is 5.98. The average Bonchev–Trinajstić information content (AvgIpc) is 3.70. The predicted molar refractivity (Wildman–Crippen MR) is 188 cm³/mol. The fraction of sp³-hybridized carbons (Fsp3) is 0.474. The number of nitrogen functional groups attached to an aromatic ring is 1. The van der Waals surface area contributed by atoms with Gasteiger partial charge in [-0.25, -0.2) is 4.39 Å². The maximum Gasteiger partial charge on any atom is 0.418 e. The van der Waals surface area contributed by atoms with Crippen molar-refractivity contribution in [1.82, 2.24) is 29.5 Å². The molecule has 15 heteroatoms. The first kappa shape index (κ1) is 36.2. The minimum atomic E-state index is -4.95. The SMILES string of the molecule is C#Cc1c(C(=O)N(C)C)nn2c1CN(c1nc(OC[C@]34CCCN3CC(=C)C4)nc3c1CO[C@@H](c1c(F)c(N)cc(C#CC)c1C(F)(F)F)C3)CCC2. The summed E-state index contributed by atoms with van der Waals surface area (Å²) in [6.07, 6.45) is 2.69. The lowest BCUT2D eigenvalue weighted by Crippen LogP contribution is -2.43. The monoisotopic (exact) mass is 732 g/mol. The molecule has 2 atom stereocenters. The Morgan fingerprint density at radius 2 is 2.02 bits per heavy atom. The molecule has 4 aliphatic heterocycles. The number of aryl methyl sites for hydroxylation is 1. The van der Waals surface area contributed by atoms with Crippen LogP contribution in [0.3, 0.4) is 0 Å². The van der Waals surface area contributed by atoms with E-state index in [4.69, 9.17) is 31.6 Å². The number of carbonyl (C=O) groups excluding carboxylic acids is 1. The van der Waals surface area contributed by atoms with Crippen molar-refractivity contribution in [2.24, 2.45) is 0 Å². The van der Waals surface area contributed by atoms with Crippen molar-refractivity contribution in [3.8, 4) is 30.2 Å². The van der Waals surface area contributed by atoms with Gasteiger partial charge in [0.25, 0.3) is 5.91 Å². The molecule has 0 unspecified atom stereocenters. The molecule has 2 fully saturated rings. The van der Waals surface area contributed by atoms with Gasteiger partial charge >= 0.3 is 12.2 Å². The number of anilines is 2. The van der Waals surface area contributed by atoms with Gasteiger partial charge in [0.2, 0.25) is 0 Å². The molecule has 1 aromatic carbocycles. The van der Waals surface area contributed by atoms with Crippen molar-refractivity contribution < 1.29 is 31.8 Å². The number of nitrogens with zero attached hydrogens (tertiary/aromatic N) is 7. The summed E-state index contributed by atoms with van der Waals surface area (Å²) in [7, 11) is 3.25. The van der Waals surface area contributed by atoms with E-state index in [1.165, 1.54) is 11.8 Å². The molecule has 2 saturated heterocycles. The molecule has 2 N–H and O–H groups in total. The van der Waals surface area contributed by atoms with Crippen LogP contribution in [0.1, 0.15) is 88.4 Å². The summed E-state index contributed by atoms with van der Waals surface area (Å²) >= 11 is 0. The van der Waals surface area contributed by atoms with Crippen LogP contribution < -0.4 is 15.4 Å². The van der Waals surface area contributed by atoms with E-state index in [-0.39, 0.29) is 49.3 Å². The molecule has 3 aromatic rings. The molecule has 7 rings (SSSR count). The molecular weight excluding hydrogens is 692 g/mol. The minimum Gasteiger partial charge on any atom is -0.461 e. The highest BCUT2D eigenvalue weighted by atomic mass is 19.4. The van der Waals surface area contributed by atoms with Crippen LogP contribution >= 0.6 is 0 Å². The van der Waals surface area contributed by atoms with E-state index in [9.17, 15) is 18.0 Å². The number of terminal acetylenes is 1. The highest BCUT2D eigenvalue weighted by molar-refractivity contribution is 5.94. The Bertz CT molecular complexity index is 2110. The second-order valence-corrected chi connectivity index (χ2v) is 14.2. The first-order valence-corrected chi connectivity index (χ1v) is 17.4. The first-order chi connectivity index (χ1) is 25.2. The molecule has 0 bridgehead atoms. The Balaban J connectivity index is 1.31. The van der Waals surface area contributed by atoms with Crippen LogP contribution in [0.15, 0.2) is 18.2 Å². The van der Waals surface area contributed by atoms with E-state index in [1.54, 1.807) is 18.8 Å². The Kier molecular flexibility index (Phi) is 9.37. The number of aromatic nitrogens is 4. The molecular formula is C38H40F4N8O3. The van der Waals surface area contributed by atoms with Gasteiger partial charge in [0, 0.05) is 56.8 Å². The maximum atomic E-state index is 15.8. The minimum absolute atomic E-state index is 0.0400. The van der Waals surface area contributed by atoms with Gasteiger partial charge in [0.15, 0.2) is 11.5 Å². The number of rotatable bonds is 6. The van der Waals surface area contributed by atoms with Crippen LogP contribution in [-0.4, -0.2) is 81.3 Å². The van der Waals surface area contributed by atoms with Gasteiger partial charge < -0.3 is 25.0 Å². The number of halogens is 4. The Morgan fingerprint density at radius 1 is 1.23 bits per heavy atom. The summed E-state index contributed by atoms with van der Waals surface area (Å²) in [4.78, 5) is 28.4. The van der Waals surface area contributed by atoms with Gasteiger partial charge in [-0.1, -0.05) is 24.0 Å². The third-order valence-corrected chi connectivity index (χ3v) is 10.5. The van der Waals surface area contributed by atoms with Crippen LogP contribution in [0.4, 0.5) is 29.1 Å². The van der Waals surface area contributed by atoms with E-state index in [0.717, 1.165) is 44.0 Å². The van der Waals surface area contributed by atoms with Gasteiger partial charge in [-0.05, 0) is 45.2 Å². The van der Waals surface area contributed by atoms with Crippen molar-refractivity contribution in [2.45, 2.75) is 76.5 Å². The molecule has 278 valence electrons. The predicted octanol–water partition coefficient (Wildman–Crippen LogP) is 4.87. The largest absolute Gasteiger partial charge is 0.461 e. The molecule has 6 heterocycles. The van der Waals surface area contributed by atoms with E-state index in [0.29, 0.717) is 47.8 Å². The molecule has 53 heavy (non-hydrogen) atoms. The highest BCUT2D eigenvalue weighted by Crippen LogP contribution is 2.45. The zero-order valence-corrected chi connectivity index (χ0v) is 29.9. The van der Waals surface area contributed by atoms with Crippen LogP contribution in [-0.2, 0) is 37.0 Å². The number of benzene rings is 1. The maximum absolute atomic E-state index is 15.8. The number of ether oxygens (including phenoxy) is 2. The molecule has 0 aliphatic carbocycles. The van der Waals surface area contributed by atoms with Gasteiger partial charge in [-0.15, -0.1) is 12.3 Å². The van der Waals surface area contributed by atoms with E-state index >= 15 is 4.39 Å². The lowest BCUT2D eigenvalue weighted by atomic mass is 9.90. The Morgan fingerprint density at radius 3 is 2.74 bits per heavy atom. The van der Waals surface area contributed by atoms with Crippen molar-refractivity contribution in [2.75, 3.05) is 51.0 Å². The van der Waals surface area contributed by atoms with Crippen LogP contribution in [0.25, 0.3) is 0 Å². The number of alkyl halides is 3. The third kappa shape index (κ3) is 6.46. The standard InChI is InChI=1S/C38H40F4N8O3/c1-6-10-23-15-26(43)32(39)30(31(23)38(40,41)42)29-16-27-25(20-52-29)34(45-36(44-27)53-21-37-11-8-13-49(37)18-22(3)17-37)48-12-9-14-50-28(19-48)24(7-2)33(46-50)35(51)47(4)5/h2,15,29H,3,8-9,11-14,16-21,43H2,1,4-5H3/t29-,37-/m1/s1. The number of amides is 1. The first-order valence-electron chi connectivity index (χ1n) is 17.4. The van der Waals surface area contributed by atoms with Crippen LogP contribution in [0, 0.1) is 30.0 Å². The summed E-state index contributed by atoms with van der Waals surface area (Å²) in [5.74, 6) is 6.46. The Hall–Kier alpha value is -5.12. The topological polar surface area (TPSA) is 115 Å². The Labute approximate surface area is 305 Å². The van der Waals surface area contributed by atoms with E-state index in [2.05, 4.69) is 34.3 Å². The molecule has 1 amide bonds. The second-order valence-electron chi connectivity index (χ2n) is 14.2. The van der Waals surface area contributed by atoms with Gasteiger partial charge in [0.05, 0.1) is 53.0 Å². The third-order valence-electron chi connectivity index (χ3n) is 10.5. The summed E-state index contributed by atoms with van der Waals surface area (Å²) in [6, 6.07) is 0.939. The summed E-state index contributed by atoms with van der Waals surface area (Å²) < 4.78 is 73.8. The van der Waals surface area contributed by atoms with Crippen molar-refractivity contribution in [3.63, 3.8) is 0 Å². The molecule has 2 aromatic heterocycles. The van der Waals surface area contributed by atoms with Crippen molar-refractivity contribution >= 4 is 17.4 Å². The molecule has 4 aliphatic rings. The van der Waals surface area contributed by atoms with Crippen molar-refractivity contribution in [3.05, 3.63) is 68.9 Å². The van der Waals surface area contributed by atoms with Gasteiger partial charge in [-0.2, -0.15) is 28.2 Å². The lowest BCUT2D eigenvalue weighted by molar-refractivity contribution is -0.140. The average molecular weight is 733 g/mol. The smallest absolute Gasteiger partial charge is 0.418 e. The molecule has 0 saturated carbocycles. The van der Waals surface area contributed by atoms with E-state index < -0.39 is 40.5 Å². The molecule has 11 nitrogen and oxygen atoms in total. The second kappa shape index (κ2) is 13.7. The van der Waals surface area contributed by atoms with Gasteiger partial charge in [-0.3, -0.25) is 14.4 Å². The fourth-order valence-corrected chi connectivity index (χ4v) is 8.14. The van der Waals surface area contributed by atoms with Crippen molar-refractivity contribution in [1.29, 1.82) is 0 Å². The zero-order chi connectivity index (χ0) is 37.8. The van der Waals surface area contributed by atoms with Gasteiger partial charge in [0.1, 0.15) is 12.4 Å². The number of fused-ring (bicyclic) bond motifs is 3. The quantitative estimate of drug-likeness (QED) is 0.164. The number of nitrogens with two attached hydrogens (primary N) is 1. The summed E-state index contributed by atoms with van der Waals surface area (Å²) in [5, 5.41) is 4.57. The normalized spacial score (nSPS) is 21.2. The lowest BCUT2D eigenvalue weighted by Gasteiger charge is -2.33. The van der Waals surface area contributed by atoms with Crippen LogP contribution in [0.2, 0.25) is 0 Å². The zero-order valence-electron chi connectivity index (χ0n) is 29.9. The number of hydrogen-bond donors (Lipinski definition) is 1. The molecule has 0 spiro atoms. The van der Waals surface area contributed by atoms with Crippen LogP contribution in [0.5, 0.6) is 6.01 Å². The summed E-state index contributed by atoms with van der Waals surface area (Å²) in [6.45, 7) is 8.56.